The summed E-state index contributed by atoms with van der Waals surface area (Å²) < 4.78 is 7.35. The maximum atomic E-state index is 5.58. The van der Waals surface area contributed by atoms with Crippen LogP contribution in [-0.2, 0) is 6.54 Å². The molecule has 0 aliphatic heterocycles. The summed E-state index contributed by atoms with van der Waals surface area (Å²) in [7, 11) is 0. The van der Waals surface area contributed by atoms with Crippen molar-refractivity contribution in [3.05, 3.63) is 66.0 Å². The van der Waals surface area contributed by atoms with Crippen molar-refractivity contribution in [1.82, 2.24) is 14.8 Å². The third kappa shape index (κ3) is 4.80. The Morgan fingerprint density at radius 1 is 1.12 bits per heavy atom. The van der Waals surface area contributed by atoms with Gasteiger partial charge < -0.3 is 10.1 Å². The number of aromatic nitrogens is 3. The van der Waals surface area contributed by atoms with E-state index in [1.54, 1.807) is 11.0 Å². The standard InChI is InChI=1S/C19H21N5OS/c1-3-25-17-7-5-4-6-16(17)21-19(26)22-18-20-13-24(23-18)12-15-10-8-14(2)9-11-15/h4-11,13H,3,12H2,1-2H3,(H2,21,22,23,26). The van der Waals surface area contributed by atoms with E-state index in [0.29, 0.717) is 24.2 Å². The number of benzene rings is 2. The molecule has 2 aromatic carbocycles. The molecule has 0 radical (unpaired) electrons. The van der Waals surface area contributed by atoms with E-state index in [1.807, 2.05) is 31.2 Å². The lowest BCUT2D eigenvalue weighted by Crippen LogP contribution is -2.20. The Morgan fingerprint density at radius 3 is 2.65 bits per heavy atom. The number of para-hydroxylation sites is 2. The zero-order chi connectivity index (χ0) is 18.4. The molecule has 0 saturated heterocycles. The lowest BCUT2D eigenvalue weighted by Gasteiger charge is -2.12. The molecule has 0 aliphatic carbocycles. The van der Waals surface area contributed by atoms with Crippen LogP contribution in [0.4, 0.5) is 11.6 Å². The average molecular weight is 367 g/mol. The van der Waals surface area contributed by atoms with E-state index in [9.17, 15) is 0 Å². The Balaban J connectivity index is 1.60. The van der Waals surface area contributed by atoms with Crippen molar-refractivity contribution in [3.63, 3.8) is 0 Å². The van der Waals surface area contributed by atoms with Crippen molar-refractivity contribution in [1.29, 1.82) is 0 Å². The number of rotatable bonds is 6. The Bertz CT molecular complexity index is 876. The van der Waals surface area contributed by atoms with Gasteiger partial charge in [0.05, 0.1) is 18.8 Å². The number of hydrogen-bond acceptors (Lipinski definition) is 4. The molecule has 0 bridgehead atoms. The second-order valence-corrected chi connectivity index (χ2v) is 6.17. The van der Waals surface area contributed by atoms with Gasteiger partial charge in [0.1, 0.15) is 12.1 Å². The quantitative estimate of drug-likeness (QED) is 0.646. The molecule has 0 atom stereocenters. The zero-order valence-corrected chi connectivity index (χ0v) is 15.6. The van der Waals surface area contributed by atoms with Crippen LogP contribution in [0.15, 0.2) is 54.9 Å². The Hall–Kier alpha value is -2.93. The number of hydrogen-bond donors (Lipinski definition) is 2. The highest BCUT2D eigenvalue weighted by Crippen LogP contribution is 2.23. The maximum absolute atomic E-state index is 5.58. The highest BCUT2D eigenvalue weighted by Gasteiger charge is 2.07. The number of ether oxygens (including phenoxy) is 1. The highest BCUT2D eigenvalue weighted by atomic mass is 32.1. The van der Waals surface area contributed by atoms with Crippen molar-refractivity contribution in [2.24, 2.45) is 0 Å². The molecular formula is C19H21N5OS. The molecule has 26 heavy (non-hydrogen) atoms. The molecular weight excluding hydrogens is 346 g/mol. The normalized spacial score (nSPS) is 10.4. The molecule has 0 amide bonds. The molecule has 3 aromatic rings. The van der Waals surface area contributed by atoms with Crippen LogP contribution in [0.25, 0.3) is 0 Å². The molecule has 0 spiro atoms. The summed E-state index contributed by atoms with van der Waals surface area (Å²) in [5, 5.41) is 10.9. The van der Waals surface area contributed by atoms with Crippen molar-refractivity contribution < 1.29 is 4.74 Å². The van der Waals surface area contributed by atoms with Gasteiger partial charge in [-0.2, -0.15) is 0 Å². The molecule has 0 aliphatic rings. The van der Waals surface area contributed by atoms with E-state index < -0.39 is 0 Å². The van der Waals surface area contributed by atoms with Crippen molar-refractivity contribution in [2.45, 2.75) is 20.4 Å². The predicted molar refractivity (Wildman–Crippen MR) is 108 cm³/mol. The van der Waals surface area contributed by atoms with Crippen LogP contribution in [0.5, 0.6) is 5.75 Å². The minimum atomic E-state index is 0.408. The fraction of sp³-hybridized carbons (Fsp3) is 0.211. The molecule has 134 valence electrons. The van der Waals surface area contributed by atoms with Gasteiger partial charge in [-0.3, -0.25) is 5.32 Å². The van der Waals surface area contributed by atoms with Crippen molar-refractivity contribution in [2.75, 3.05) is 17.2 Å². The van der Waals surface area contributed by atoms with E-state index in [-0.39, 0.29) is 0 Å². The van der Waals surface area contributed by atoms with Gasteiger partial charge in [0.15, 0.2) is 5.11 Å². The molecule has 3 rings (SSSR count). The van der Waals surface area contributed by atoms with Crippen LogP contribution in [0, 0.1) is 6.92 Å². The molecule has 7 heteroatoms. The molecule has 0 fully saturated rings. The molecule has 6 nitrogen and oxygen atoms in total. The van der Waals surface area contributed by atoms with Crippen LogP contribution in [-0.4, -0.2) is 26.5 Å². The second-order valence-electron chi connectivity index (χ2n) is 5.76. The first kappa shape index (κ1) is 17.9. The average Bonchev–Trinajstić information content (AvgIpc) is 3.05. The van der Waals surface area contributed by atoms with Crippen LogP contribution in [0.3, 0.4) is 0 Å². The van der Waals surface area contributed by atoms with Crippen molar-refractivity contribution >= 4 is 29.0 Å². The number of aryl methyl sites for hydroxylation is 1. The summed E-state index contributed by atoms with van der Waals surface area (Å²) in [6, 6.07) is 16.0. The fourth-order valence-corrected chi connectivity index (χ4v) is 2.62. The Morgan fingerprint density at radius 2 is 1.88 bits per heavy atom. The summed E-state index contributed by atoms with van der Waals surface area (Å²) in [5.41, 5.74) is 3.20. The largest absolute Gasteiger partial charge is 0.492 e. The number of nitrogens with zero attached hydrogens (tertiary/aromatic N) is 3. The van der Waals surface area contributed by atoms with Gasteiger partial charge in [-0.1, -0.05) is 42.0 Å². The van der Waals surface area contributed by atoms with Gasteiger partial charge in [-0.05, 0) is 43.8 Å². The van der Waals surface area contributed by atoms with E-state index in [1.165, 1.54) is 11.1 Å². The Labute approximate surface area is 158 Å². The summed E-state index contributed by atoms with van der Waals surface area (Å²) >= 11 is 5.35. The molecule has 1 aromatic heterocycles. The molecule has 2 N–H and O–H groups in total. The number of anilines is 2. The first-order chi connectivity index (χ1) is 12.6. The van der Waals surface area contributed by atoms with Crippen molar-refractivity contribution in [3.8, 4) is 5.75 Å². The lowest BCUT2D eigenvalue weighted by atomic mass is 10.1. The zero-order valence-electron chi connectivity index (χ0n) is 14.8. The van der Waals surface area contributed by atoms with Crippen LogP contribution < -0.4 is 15.4 Å². The predicted octanol–water partition coefficient (Wildman–Crippen LogP) is 3.84. The van der Waals surface area contributed by atoms with E-state index >= 15 is 0 Å². The van der Waals surface area contributed by atoms with Gasteiger partial charge in [0.2, 0.25) is 5.95 Å². The topological polar surface area (TPSA) is 64.0 Å². The van der Waals surface area contributed by atoms with Gasteiger partial charge in [-0.15, -0.1) is 5.10 Å². The monoisotopic (exact) mass is 367 g/mol. The highest BCUT2D eigenvalue weighted by molar-refractivity contribution is 7.80. The first-order valence-corrected chi connectivity index (χ1v) is 8.79. The number of thiocarbonyl (C=S) groups is 1. The summed E-state index contributed by atoms with van der Waals surface area (Å²) in [6.45, 7) is 5.25. The minimum Gasteiger partial charge on any atom is -0.492 e. The van der Waals surface area contributed by atoms with Crippen LogP contribution >= 0.6 is 12.2 Å². The first-order valence-electron chi connectivity index (χ1n) is 8.39. The van der Waals surface area contributed by atoms with Gasteiger partial charge in [0.25, 0.3) is 0 Å². The minimum absolute atomic E-state index is 0.408. The maximum Gasteiger partial charge on any atom is 0.248 e. The SMILES string of the molecule is CCOc1ccccc1NC(=S)Nc1ncn(Cc2ccc(C)cc2)n1. The van der Waals surface area contributed by atoms with E-state index in [2.05, 4.69) is 51.9 Å². The summed E-state index contributed by atoms with van der Waals surface area (Å²) in [6.07, 6.45) is 1.68. The number of nitrogens with one attached hydrogen (secondary N) is 2. The molecule has 0 saturated carbocycles. The van der Waals surface area contributed by atoms with E-state index in [0.717, 1.165) is 11.4 Å². The third-order valence-electron chi connectivity index (χ3n) is 3.66. The van der Waals surface area contributed by atoms with Crippen LogP contribution in [0.2, 0.25) is 0 Å². The Kier molecular flexibility index (Phi) is 5.80. The smallest absolute Gasteiger partial charge is 0.248 e. The lowest BCUT2D eigenvalue weighted by molar-refractivity contribution is 0.342. The van der Waals surface area contributed by atoms with Gasteiger partial charge in [0, 0.05) is 0 Å². The summed E-state index contributed by atoms with van der Waals surface area (Å²) in [5.74, 6) is 1.19. The molecule has 1 heterocycles. The third-order valence-corrected chi connectivity index (χ3v) is 3.87. The molecule has 0 unspecified atom stereocenters. The van der Waals surface area contributed by atoms with Gasteiger partial charge in [-0.25, -0.2) is 9.67 Å². The van der Waals surface area contributed by atoms with Crippen LogP contribution in [0.1, 0.15) is 18.1 Å². The van der Waals surface area contributed by atoms with Gasteiger partial charge >= 0.3 is 0 Å². The summed E-state index contributed by atoms with van der Waals surface area (Å²) in [4.78, 5) is 4.25. The second kappa shape index (κ2) is 8.44. The van der Waals surface area contributed by atoms with E-state index in [4.69, 9.17) is 17.0 Å². The fourth-order valence-electron chi connectivity index (χ4n) is 2.42.